The van der Waals surface area contributed by atoms with E-state index in [2.05, 4.69) is 124 Å². The Kier molecular flexibility index (Phi) is 125. The molecule has 3 rings (SSSR count). The van der Waals surface area contributed by atoms with Crippen LogP contribution in [0.4, 0.5) is 0 Å². The van der Waals surface area contributed by atoms with Crippen LogP contribution >= 0.6 is 0 Å². The van der Waals surface area contributed by atoms with Crippen LogP contribution in [0, 0.1) is 12.7 Å². The van der Waals surface area contributed by atoms with Crippen LogP contribution in [0.15, 0.2) is 134 Å². The van der Waals surface area contributed by atoms with Crippen LogP contribution in [0.25, 0.3) is 0 Å². The molecule has 0 aromatic heterocycles. The van der Waals surface area contributed by atoms with E-state index in [9.17, 15) is 0 Å². The molecule has 4 heteroatoms. The number of benzene rings is 3. The van der Waals surface area contributed by atoms with E-state index < -0.39 is 0 Å². The molecule has 0 aliphatic carbocycles. The molecule has 0 radical (unpaired) electrons. The summed E-state index contributed by atoms with van der Waals surface area (Å²) < 4.78 is 11.6. The minimum absolute atomic E-state index is 0.813. The molecule has 0 unspecified atom stereocenters. The van der Waals surface area contributed by atoms with Crippen molar-refractivity contribution in [3.63, 3.8) is 0 Å². The number of hydrogen-bond donors (Lipinski definition) is 0. The van der Waals surface area contributed by atoms with Gasteiger partial charge in [0, 0.05) is 28.4 Å². The Morgan fingerprint density at radius 1 is 0.566 bits per heavy atom. The van der Waals surface area contributed by atoms with Crippen molar-refractivity contribution >= 4 is 8.96 Å². The van der Waals surface area contributed by atoms with Crippen molar-refractivity contribution in [2.75, 3.05) is 28.4 Å². The Morgan fingerprint density at radius 3 is 1.11 bits per heavy atom. The van der Waals surface area contributed by atoms with Crippen molar-refractivity contribution in [1.82, 2.24) is 0 Å². The van der Waals surface area contributed by atoms with Crippen molar-refractivity contribution in [1.29, 1.82) is 0 Å². The van der Waals surface area contributed by atoms with Crippen molar-refractivity contribution in [3.8, 4) is 0 Å². The maximum Gasteiger partial charge on any atom is -0.00258 e. The number of ether oxygens (including phenoxy) is 2. The fraction of sp³-hybridized carbons (Fsp3) is 0.429. The zero-order valence-electron chi connectivity index (χ0n) is 37.7. The van der Waals surface area contributed by atoms with Gasteiger partial charge in [0.05, 0.1) is 0 Å². The van der Waals surface area contributed by atoms with E-state index in [1.54, 1.807) is 28.4 Å². The van der Waals surface area contributed by atoms with Gasteiger partial charge in [0.1, 0.15) is 0 Å². The van der Waals surface area contributed by atoms with Crippen molar-refractivity contribution < 1.29 is 43.4 Å². The smallest absolute Gasteiger partial charge is 0.00258 e. The van der Waals surface area contributed by atoms with Gasteiger partial charge in [-0.1, -0.05) is 200 Å². The van der Waals surface area contributed by atoms with Crippen LogP contribution in [-0.2, 0) is 49.9 Å². The van der Waals surface area contributed by atoms with Gasteiger partial charge in [-0.2, -0.15) is 0 Å². The summed E-state index contributed by atoms with van der Waals surface area (Å²) in [6.45, 7) is 33.4. The maximum atomic E-state index is 5.19. The summed E-state index contributed by atoms with van der Waals surface area (Å²) in [6, 6.07) is 33.1. The molecule has 0 aliphatic heterocycles. The van der Waals surface area contributed by atoms with Crippen molar-refractivity contribution in [2.24, 2.45) is 0 Å². The molecule has 0 atom stereocenters. The Hall–Kier alpha value is -2.55. The van der Waals surface area contributed by atoms with Gasteiger partial charge in [-0.05, 0) is 17.5 Å². The predicted molar refractivity (Wildman–Crippen MR) is 243 cm³/mol. The van der Waals surface area contributed by atoms with Gasteiger partial charge in [0.2, 0.25) is 0 Å². The second-order valence-corrected chi connectivity index (χ2v) is 9.31. The first-order valence-corrected chi connectivity index (χ1v) is 20.8. The summed E-state index contributed by atoms with van der Waals surface area (Å²) in [4.78, 5) is 0. The number of allylic oxidation sites excluding steroid dienone is 7. The van der Waals surface area contributed by atoms with E-state index in [1.165, 1.54) is 27.9 Å². The van der Waals surface area contributed by atoms with Crippen LogP contribution in [0.2, 0.25) is 0 Å². The first-order valence-electron chi connectivity index (χ1n) is 19.3. The molecule has 0 fully saturated rings. The molecule has 0 heterocycles. The number of rotatable bonds is 8. The largest absolute Gasteiger partial charge is 0.0623 e. The Morgan fingerprint density at radius 2 is 0.849 bits per heavy atom. The standard InChI is InChI=1S/C13H12.C11H10.C6H6.C3H8.2C2H6O.6C2H6.2V/c1-3-7-12(8-4-1)11-13-9-5-2-6-10-13;1-3-5-7-9-11-10-8-6-4-2;1-2-4-6-5-3-1;3*1-3-2;6*1-2;;/h1-10H,11H2;1-8H,11H2;1-6H;3H2,1-2H3;2*1-2H3;6*1-2H3;;/q;-2;;;;;;;;;;;;. The molecule has 304 valence electrons. The molecule has 0 spiro atoms. The van der Waals surface area contributed by atoms with Gasteiger partial charge in [0.15, 0.2) is 0 Å². The fourth-order valence-corrected chi connectivity index (χ4v) is 2.81. The van der Waals surface area contributed by atoms with Crippen LogP contribution in [-0.4, -0.2) is 37.4 Å². The quantitative estimate of drug-likeness (QED) is 0.167. The molecular formula is C49H84O2V2-2. The van der Waals surface area contributed by atoms with E-state index in [-0.39, 0.29) is 0 Å². The Balaban J connectivity index is -0.0000000638. The van der Waals surface area contributed by atoms with Crippen LogP contribution < -0.4 is 0 Å². The van der Waals surface area contributed by atoms with Crippen LogP contribution in [0.1, 0.15) is 121 Å². The van der Waals surface area contributed by atoms with Gasteiger partial charge >= 0.3 is 98.4 Å². The van der Waals surface area contributed by atoms with Gasteiger partial charge in [-0.3, -0.25) is 0 Å². The summed E-state index contributed by atoms with van der Waals surface area (Å²) in [5, 5.41) is 0. The molecule has 2 nitrogen and oxygen atoms in total. The maximum absolute atomic E-state index is 5.19. The van der Waals surface area contributed by atoms with Crippen molar-refractivity contribution in [2.45, 2.75) is 116 Å². The van der Waals surface area contributed by atoms with Gasteiger partial charge in [-0.15, -0.1) is 0 Å². The molecule has 0 amide bonds. The van der Waals surface area contributed by atoms with E-state index in [4.69, 9.17) is 6.58 Å². The van der Waals surface area contributed by atoms with E-state index in [1.807, 2.05) is 155 Å². The van der Waals surface area contributed by atoms with E-state index in [0.717, 1.165) is 12.8 Å². The number of hydrogen-bond acceptors (Lipinski definition) is 2. The Labute approximate surface area is 352 Å². The minimum Gasteiger partial charge on any atom is -0.0623 e. The zero-order chi connectivity index (χ0) is 43.2. The summed E-state index contributed by atoms with van der Waals surface area (Å²) in [7, 11) is 6.50. The minimum atomic E-state index is 0.813. The monoisotopic (exact) mass is 807 g/mol. The van der Waals surface area contributed by atoms with Gasteiger partial charge < -0.3 is 9.47 Å². The third-order valence-electron chi connectivity index (χ3n) is 3.85. The Bertz CT molecular complexity index is 945. The molecule has 3 aromatic rings. The topological polar surface area (TPSA) is 18.5 Å². The predicted octanol–water partition coefficient (Wildman–Crippen LogP) is 15.0. The SMILES string of the molecule is CC.CC.CC.CC.CC.CC.CCC.COC.COC.[CH-]=CC=C[C](=[V])C[C-]=CC=C[CH]=[V].c1ccc(Cc2ccccc2)cc1.c1ccccc1. The molecule has 0 aliphatic rings. The molecule has 0 saturated carbocycles. The first-order chi connectivity index (χ1) is 26.0. The summed E-state index contributed by atoms with van der Waals surface area (Å²) in [5.41, 5.74) is 2.74. The fourth-order valence-electron chi connectivity index (χ4n) is 2.37. The normalized spacial score (nSPS) is 7.77. The summed E-state index contributed by atoms with van der Waals surface area (Å²) >= 11 is 4.87. The van der Waals surface area contributed by atoms with Gasteiger partial charge in [-0.25, -0.2) is 0 Å². The molecule has 0 N–H and O–H groups in total. The average molecular weight is 807 g/mol. The zero-order valence-corrected chi connectivity index (χ0v) is 40.5. The third-order valence-corrected chi connectivity index (χ3v) is 4.60. The van der Waals surface area contributed by atoms with Crippen LogP contribution in [0.3, 0.4) is 0 Å². The summed E-state index contributed by atoms with van der Waals surface area (Å²) in [5.74, 6) is 0. The second-order valence-electron chi connectivity index (χ2n) is 7.95. The van der Waals surface area contributed by atoms with E-state index in [0.29, 0.717) is 0 Å². The summed E-state index contributed by atoms with van der Waals surface area (Å²) in [6.07, 6.45) is 17.3. The molecular weight excluding hydrogens is 722 g/mol. The van der Waals surface area contributed by atoms with Gasteiger partial charge in [0.25, 0.3) is 0 Å². The molecule has 0 saturated heterocycles. The molecule has 3 aromatic carbocycles. The molecule has 0 bridgehead atoms. The number of methoxy groups -OCH3 is 2. The van der Waals surface area contributed by atoms with E-state index >= 15 is 0 Å². The second kappa shape index (κ2) is 92.4. The molecule has 53 heavy (non-hydrogen) atoms. The van der Waals surface area contributed by atoms with Crippen LogP contribution in [0.5, 0.6) is 0 Å². The van der Waals surface area contributed by atoms with Crippen molar-refractivity contribution in [3.05, 3.63) is 157 Å². The first kappa shape index (κ1) is 71.8. The average Bonchev–Trinajstić information content (AvgIpc) is 3.24. The third kappa shape index (κ3) is 93.8.